The third-order valence-corrected chi connectivity index (χ3v) is 5.56. The van der Waals surface area contributed by atoms with Crippen molar-refractivity contribution in [3.8, 4) is 0 Å². The minimum absolute atomic E-state index is 0.0984. The first-order valence-corrected chi connectivity index (χ1v) is 9.93. The summed E-state index contributed by atoms with van der Waals surface area (Å²) in [6, 6.07) is 9.58. The molecular formula is C20H22N4O2S. The number of aryl methyl sites for hydroxylation is 1. The number of hydrogen-bond acceptors (Lipinski definition) is 5. The molecule has 1 fully saturated rings. The molecule has 27 heavy (non-hydrogen) atoms. The molecule has 0 saturated carbocycles. The van der Waals surface area contributed by atoms with E-state index in [4.69, 9.17) is 4.74 Å². The average molecular weight is 382 g/mol. The molecule has 2 amide bonds. The number of thiazole rings is 1. The summed E-state index contributed by atoms with van der Waals surface area (Å²) in [4.78, 5) is 23.3. The lowest BCUT2D eigenvalue weighted by atomic mass is 10.2. The molecule has 140 valence electrons. The quantitative estimate of drug-likeness (QED) is 0.718. The molecule has 1 N–H and O–H groups in total. The third-order valence-electron chi connectivity index (χ3n) is 4.60. The molecule has 0 unspecified atom stereocenters. The Kier molecular flexibility index (Phi) is 5.31. The molecule has 1 aliphatic heterocycles. The smallest absolute Gasteiger partial charge is 0.322 e. The van der Waals surface area contributed by atoms with Crippen LogP contribution >= 0.6 is 11.3 Å². The van der Waals surface area contributed by atoms with Crippen molar-refractivity contribution in [2.75, 3.05) is 18.5 Å². The van der Waals surface area contributed by atoms with E-state index in [1.807, 2.05) is 42.2 Å². The Hall–Kier alpha value is -2.51. The molecular weight excluding hydrogens is 360 g/mol. The highest BCUT2D eigenvalue weighted by Crippen LogP contribution is 2.25. The van der Waals surface area contributed by atoms with Gasteiger partial charge in [0, 0.05) is 37.8 Å². The predicted octanol–water partition coefficient (Wildman–Crippen LogP) is 4.21. The number of hydrogen-bond donors (Lipinski definition) is 1. The number of ether oxygens (including phenoxy) is 1. The lowest BCUT2D eigenvalue weighted by molar-refractivity contribution is 0.0819. The number of amides is 2. The van der Waals surface area contributed by atoms with Crippen LogP contribution in [0.1, 0.15) is 23.4 Å². The van der Waals surface area contributed by atoms with Crippen molar-refractivity contribution in [1.82, 2.24) is 14.9 Å². The van der Waals surface area contributed by atoms with E-state index in [1.54, 1.807) is 23.7 Å². The maximum Gasteiger partial charge on any atom is 0.322 e. The summed E-state index contributed by atoms with van der Waals surface area (Å²) >= 11 is 1.65. The molecule has 1 saturated heterocycles. The van der Waals surface area contributed by atoms with Crippen LogP contribution in [0.3, 0.4) is 0 Å². The van der Waals surface area contributed by atoms with E-state index in [0.29, 0.717) is 13.1 Å². The number of aromatic nitrogens is 2. The number of nitrogens with one attached hydrogen (secondary N) is 1. The fraction of sp³-hybridized carbons (Fsp3) is 0.350. The van der Waals surface area contributed by atoms with E-state index in [1.165, 1.54) is 0 Å². The molecule has 0 radical (unpaired) electrons. The van der Waals surface area contributed by atoms with E-state index in [-0.39, 0.29) is 12.1 Å². The molecule has 3 aromatic rings. The van der Waals surface area contributed by atoms with E-state index < -0.39 is 0 Å². The minimum atomic E-state index is -0.131. The van der Waals surface area contributed by atoms with E-state index >= 15 is 0 Å². The number of anilines is 1. The Labute approximate surface area is 162 Å². The van der Waals surface area contributed by atoms with Crippen molar-refractivity contribution >= 4 is 33.3 Å². The monoisotopic (exact) mass is 382 g/mol. The predicted molar refractivity (Wildman–Crippen MR) is 107 cm³/mol. The van der Waals surface area contributed by atoms with Crippen LogP contribution in [0, 0.1) is 6.92 Å². The number of pyridine rings is 1. The molecule has 1 atom stereocenters. The third kappa shape index (κ3) is 4.43. The van der Waals surface area contributed by atoms with Crippen LogP contribution in [0.15, 0.2) is 42.7 Å². The fourth-order valence-electron chi connectivity index (χ4n) is 3.28. The van der Waals surface area contributed by atoms with E-state index in [2.05, 4.69) is 15.3 Å². The molecule has 3 heterocycles. The van der Waals surface area contributed by atoms with Crippen molar-refractivity contribution < 1.29 is 9.53 Å². The fourth-order valence-corrected chi connectivity index (χ4v) is 4.09. The highest BCUT2D eigenvalue weighted by atomic mass is 32.1. The first-order valence-electron chi connectivity index (χ1n) is 9.11. The van der Waals surface area contributed by atoms with Crippen LogP contribution in [0.25, 0.3) is 10.2 Å². The van der Waals surface area contributed by atoms with Crippen molar-refractivity contribution in [2.45, 2.75) is 32.4 Å². The number of urea groups is 1. The lowest BCUT2D eigenvalue weighted by Crippen LogP contribution is -2.39. The molecule has 7 heteroatoms. The van der Waals surface area contributed by atoms with Gasteiger partial charge in [-0.1, -0.05) is 0 Å². The molecule has 6 nitrogen and oxygen atoms in total. The number of benzene rings is 1. The molecule has 4 rings (SSSR count). The Morgan fingerprint density at radius 2 is 2.19 bits per heavy atom. The highest BCUT2D eigenvalue weighted by molar-refractivity contribution is 7.18. The molecule has 0 bridgehead atoms. The van der Waals surface area contributed by atoms with Gasteiger partial charge in [-0.15, -0.1) is 11.3 Å². The van der Waals surface area contributed by atoms with Crippen LogP contribution in [0.2, 0.25) is 0 Å². The summed E-state index contributed by atoms with van der Waals surface area (Å²) in [5.74, 6) is 0. The van der Waals surface area contributed by atoms with Gasteiger partial charge in [0.2, 0.25) is 0 Å². The van der Waals surface area contributed by atoms with E-state index in [9.17, 15) is 4.79 Å². The maximum atomic E-state index is 13.0. The summed E-state index contributed by atoms with van der Waals surface area (Å²) in [6.07, 6.45) is 5.63. The first kappa shape index (κ1) is 17.9. The second-order valence-electron chi connectivity index (χ2n) is 6.72. The van der Waals surface area contributed by atoms with Gasteiger partial charge in [0.25, 0.3) is 0 Å². The Morgan fingerprint density at radius 1 is 1.33 bits per heavy atom. The zero-order chi connectivity index (χ0) is 18.6. The topological polar surface area (TPSA) is 67.4 Å². The van der Waals surface area contributed by atoms with Crippen molar-refractivity contribution in [3.63, 3.8) is 0 Å². The molecule has 2 aromatic heterocycles. The number of carbonyl (C=O) groups is 1. The lowest BCUT2D eigenvalue weighted by Gasteiger charge is -2.26. The van der Waals surface area contributed by atoms with Crippen LogP contribution in [-0.4, -0.2) is 40.2 Å². The summed E-state index contributed by atoms with van der Waals surface area (Å²) in [5.41, 5.74) is 2.71. The van der Waals surface area contributed by atoms with Crippen molar-refractivity contribution in [2.24, 2.45) is 0 Å². The van der Waals surface area contributed by atoms with Crippen molar-refractivity contribution in [3.05, 3.63) is 53.3 Å². The highest BCUT2D eigenvalue weighted by Gasteiger charge is 2.23. The Morgan fingerprint density at radius 3 is 2.96 bits per heavy atom. The second-order valence-corrected chi connectivity index (χ2v) is 7.95. The normalized spacial score (nSPS) is 16.6. The standard InChI is InChI=1S/C20H22N4O2S/c1-14-22-18-11-16(4-5-19(18)27-14)23-20(25)24(13-17-3-2-10-26-17)12-15-6-8-21-9-7-15/h4-9,11,17H,2-3,10,12-13H2,1H3,(H,23,25)/t17-/m1/s1. The van der Waals surface area contributed by atoms with Crippen LogP contribution < -0.4 is 5.32 Å². The first-order chi connectivity index (χ1) is 13.2. The Balaban J connectivity index is 1.50. The number of fused-ring (bicyclic) bond motifs is 1. The molecule has 0 spiro atoms. The SMILES string of the molecule is Cc1nc2cc(NC(=O)N(Cc3ccncc3)C[C@H]3CCCO3)ccc2s1. The molecule has 0 aliphatic carbocycles. The molecule has 1 aliphatic rings. The van der Waals surface area contributed by atoms with Gasteiger partial charge in [0.15, 0.2) is 0 Å². The second kappa shape index (κ2) is 8.02. The number of nitrogens with zero attached hydrogens (tertiary/aromatic N) is 3. The van der Waals surface area contributed by atoms with Gasteiger partial charge in [-0.25, -0.2) is 9.78 Å². The van der Waals surface area contributed by atoms with Gasteiger partial charge in [-0.3, -0.25) is 4.98 Å². The largest absolute Gasteiger partial charge is 0.376 e. The van der Waals surface area contributed by atoms with Crippen LogP contribution in [-0.2, 0) is 11.3 Å². The minimum Gasteiger partial charge on any atom is -0.376 e. The zero-order valence-corrected chi connectivity index (χ0v) is 16.0. The number of rotatable bonds is 5. The Bertz CT molecular complexity index is 922. The summed E-state index contributed by atoms with van der Waals surface area (Å²) in [6.45, 7) is 3.86. The van der Waals surface area contributed by atoms with Gasteiger partial charge >= 0.3 is 6.03 Å². The zero-order valence-electron chi connectivity index (χ0n) is 15.2. The summed E-state index contributed by atoms with van der Waals surface area (Å²) in [5, 5.41) is 4.04. The van der Waals surface area contributed by atoms with Gasteiger partial charge in [-0.05, 0) is 55.7 Å². The van der Waals surface area contributed by atoms with Gasteiger partial charge in [0.1, 0.15) is 0 Å². The van der Waals surface area contributed by atoms with Gasteiger partial charge in [-0.2, -0.15) is 0 Å². The van der Waals surface area contributed by atoms with Crippen LogP contribution in [0.5, 0.6) is 0 Å². The summed E-state index contributed by atoms with van der Waals surface area (Å²) < 4.78 is 6.86. The number of carbonyl (C=O) groups excluding carboxylic acids is 1. The van der Waals surface area contributed by atoms with Crippen LogP contribution in [0.4, 0.5) is 10.5 Å². The maximum absolute atomic E-state index is 13.0. The average Bonchev–Trinajstić information content (AvgIpc) is 3.30. The van der Waals surface area contributed by atoms with Gasteiger partial charge < -0.3 is 15.0 Å². The molecule has 1 aromatic carbocycles. The van der Waals surface area contributed by atoms with E-state index in [0.717, 1.165) is 45.9 Å². The summed E-state index contributed by atoms with van der Waals surface area (Å²) in [7, 11) is 0. The van der Waals surface area contributed by atoms with Crippen molar-refractivity contribution in [1.29, 1.82) is 0 Å². The van der Waals surface area contributed by atoms with Gasteiger partial charge in [0.05, 0.1) is 21.3 Å².